The van der Waals surface area contributed by atoms with Crippen LogP contribution in [0.3, 0.4) is 0 Å². The SMILES string of the molecule is CC(=O)OC(CCN=[N+]=[N-])ON(Cc1ccccc1)Cc1ccccc1. The minimum Gasteiger partial charge on any atom is -0.434 e. The Kier molecular flexibility index (Phi) is 8.15. The van der Waals surface area contributed by atoms with E-state index in [1.807, 2.05) is 60.7 Å². The van der Waals surface area contributed by atoms with Gasteiger partial charge >= 0.3 is 5.97 Å². The Labute approximate surface area is 152 Å². The first kappa shape index (κ1) is 19.5. The zero-order chi connectivity index (χ0) is 18.6. The van der Waals surface area contributed by atoms with E-state index in [-0.39, 0.29) is 13.0 Å². The van der Waals surface area contributed by atoms with Crippen LogP contribution in [-0.2, 0) is 27.5 Å². The first-order valence-electron chi connectivity index (χ1n) is 8.35. The molecule has 0 N–H and O–H groups in total. The van der Waals surface area contributed by atoms with Gasteiger partial charge in [-0.3, -0.25) is 9.63 Å². The predicted molar refractivity (Wildman–Crippen MR) is 97.4 cm³/mol. The summed E-state index contributed by atoms with van der Waals surface area (Å²) in [6.07, 6.45) is -0.533. The lowest BCUT2D eigenvalue weighted by Gasteiger charge is -2.27. The monoisotopic (exact) mass is 354 g/mol. The summed E-state index contributed by atoms with van der Waals surface area (Å²) in [4.78, 5) is 20.0. The van der Waals surface area contributed by atoms with Gasteiger partial charge in [0.2, 0.25) is 6.29 Å². The Morgan fingerprint density at radius 1 is 1.08 bits per heavy atom. The summed E-state index contributed by atoms with van der Waals surface area (Å²) in [7, 11) is 0. The summed E-state index contributed by atoms with van der Waals surface area (Å²) in [6.45, 7) is 2.55. The molecule has 0 heterocycles. The molecule has 1 unspecified atom stereocenters. The van der Waals surface area contributed by atoms with Crippen molar-refractivity contribution in [2.24, 2.45) is 5.11 Å². The Hall–Kier alpha value is -2.86. The number of azide groups is 1. The molecule has 0 amide bonds. The highest BCUT2D eigenvalue weighted by Crippen LogP contribution is 2.14. The van der Waals surface area contributed by atoms with Gasteiger partial charge in [-0.25, -0.2) is 0 Å². The second kappa shape index (κ2) is 10.9. The minimum absolute atomic E-state index is 0.180. The smallest absolute Gasteiger partial charge is 0.304 e. The molecule has 0 aliphatic rings. The standard InChI is InChI=1S/C19H22N4O3/c1-16(24)25-19(12-13-21-22-20)26-23(14-17-8-4-2-5-9-17)15-18-10-6-3-7-11-18/h2-11,19H,12-15H2,1H3. The number of benzene rings is 2. The Morgan fingerprint density at radius 2 is 1.62 bits per heavy atom. The molecule has 0 aromatic heterocycles. The van der Waals surface area contributed by atoms with Crippen LogP contribution >= 0.6 is 0 Å². The molecule has 2 aromatic carbocycles. The van der Waals surface area contributed by atoms with Crippen molar-refractivity contribution in [3.63, 3.8) is 0 Å². The number of rotatable bonds is 10. The molecule has 7 heteroatoms. The molecule has 0 saturated carbocycles. The third-order valence-corrected chi connectivity index (χ3v) is 3.50. The fraction of sp³-hybridized carbons (Fsp3) is 0.316. The zero-order valence-corrected chi connectivity index (χ0v) is 14.7. The number of ether oxygens (including phenoxy) is 1. The molecule has 7 nitrogen and oxygen atoms in total. The number of esters is 1. The number of hydrogen-bond acceptors (Lipinski definition) is 5. The maximum Gasteiger partial charge on any atom is 0.304 e. The highest BCUT2D eigenvalue weighted by molar-refractivity contribution is 5.66. The van der Waals surface area contributed by atoms with Crippen molar-refractivity contribution >= 4 is 5.97 Å². The molecule has 26 heavy (non-hydrogen) atoms. The van der Waals surface area contributed by atoms with Gasteiger partial charge in [0.05, 0.1) is 0 Å². The largest absolute Gasteiger partial charge is 0.434 e. The van der Waals surface area contributed by atoms with Crippen LogP contribution in [0.2, 0.25) is 0 Å². The van der Waals surface area contributed by atoms with Gasteiger partial charge in [0.25, 0.3) is 0 Å². The Morgan fingerprint density at radius 3 is 2.08 bits per heavy atom. The van der Waals surface area contributed by atoms with E-state index in [1.165, 1.54) is 6.92 Å². The molecule has 0 aliphatic carbocycles. The fourth-order valence-corrected chi connectivity index (χ4v) is 2.40. The Bertz CT molecular complexity index is 677. The molecule has 2 rings (SSSR count). The molecular weight excluding hydrogens is 332 g/mol. The van der Waals surface area contributed by atoms with Crippen molar-refractivity contribution in [1.29, 1.82) is 0 Å². The van der Waals surface area contributed by atoms with Gasteiger partial charge < -0.3 is 4.74 Å². The maximum atomic E-state index is 11.4. The average Bonchev–Trinajstić information content (AvgIpc) is 2.63. The first-order valence-corrected chi connectivity index (χ1v) is 8.35. The average molecular weight is 354 g/mol. The van der Waals surface area contributed by atoms with Crippen molar-refractivity contribution in [3.8, 4) is 0 Å². The van der Waals surface area contributed by atoms with Crippen molar-refractivity contribution in [2.45, 2.75) is 32.7 Å². The molecule has 0 radical (unpaired) electrons. The summed E-state index contributed by atoms with van der Waals surface area (Å²) in [5.41, 5.74) is 10.6. The Balaban J connectivity index is 2.10. The number of hydrogen-bond donors (Lipinski definition) is 0. The molecular formula is C19H22N4O3. The lowest BCUT2D eigenvalue weighted by molar-refractivity contribution is -0.281. The third-order valence-electron chi connectivity index (χ3n) is 3.50. The second-order valence-corrected chi connectivity index (χ2v) is 5.66. The van der Waals surface area contributed by atoms with E-state index in [2.05, 4.69) is 10.0 Å². The molecule has 0 spiro atoms. The molecule has 136 valence electrons. The van der Waals surface area contributed by atoms with Crippen LogP contribution in [0.15, 0.2) is 65.8 Å². The van der Waals surface area contributed by atoms with Crippen LogP contribution in [0.1, 0.15) is 24.5 Å². The van der Waals surface area contributed by atoms with E-state index in [0.29, 0.717) is 13.1 Å². The highest BCUT2D eigenvalue weighted by atomic mass is 16.8. The lowest BCUT2D eigenvalue weighted by Crippen LogP contribution is -2.32. The van der Waals surface area contributed by atoms with Crippen LogP contribution in [0.5, 0.6) is 0 Å². The number of hydroxylamine groups is 2. The summed E-state index contributed by atoms with van der Waals surface area (Å²) in [5, 5.41) is 5.23. The molecule has 1 atom stereocenters. The fourth-order valence-electron chi connectivity index (χ4n) is 2.40. The number of carbonyl (C=O) groups excluding carboxylic acids is 1. The van der Waals surface area contributed by atoms with E-state index in [1.54, 1.807) is 5.06 Å². The maximum absolute atomic E-state index is 11.4. The summed E-state index contributed by atoms with van der Waals surface area (Å²) >= 11 is 0. The van der Waals surface area contributed by atoms with Crippen LogP contribution in [-0.4, -0.2) is 23.9 Å². The molecule has 0 saturated heterocycles. The zero-order valence-electron chi connectivity index (χ0n) is 14.7. The van der Waals surface area contributed by atoms with Crippen molar-refractivity contribution in [2.75, 3.05) is 6.54 Å². The van der Waals surface area contributed by atoms with Crippen molar-refractivity contribution < 1.29 is 14.4 Å². The first-order chi connectivity index (χ1) is 12.7. The highest BCUT2D eigenvalue weighted by Gasteiger charge is 2.18. The van der Waals surface area contributed by atoms with Crippen LogP contribution in [0.4, 0.5) is 0 Å². The van der Waals surface area contributed by atoms with Crippen LogP contribution < -0.4 is 0 Å². The quantitative estimate of drug-likeness (QED) is 0.160. The molecule has 0 bridgehead atoms. The minimum atomic E-state index is -0.814. The molecule has 0 aliphatic heterocycles. The summed E-state index contributed by atoms with van der Waals surface area (Å²) in [6, 6.07) is 19.8. The van der Waals surface area contributed by atoms with Crippen molar-refractivity contribution in [3.05, 3.63) is 82.2 Å². The van der Waals surface area contributed by atoms with Gasteiger partial charge in [-0.2, -0.15) is 5.06 Å². The summed E-state index contributed by atoms with van der Waals surface area (Å²) in [5.74, 6) is -0.449. The predicted octanol–water partition coefficient (Wildman–Crippen LogP) is 4.21. The lowest BCUT2D eigenvalue weighted by atomic mass is 10.2. The van der Waals surface area contributed by atoms with E-state index in [0.717, 1.165) is 11.1 Å². The number of carbonyl (C=O) groups is 1. The van der Waals surface area contributed by atoms with Gasteiger partial charge in [-0.15, -0.1) is 0 Å². The van der Waals surface area contributed by atoms with E-state index < -0.39 is 12.3 Å². The van der Waals surface area contributed by atoms with Crippen molar-refractivity contribution in [1.82, 2.24) is 5.06 Å². The van der Waals surface area contributed by atoms with Gasteiger partial charge in [0.1, 0.15) is 0 Å². The molecule has 2 aromatic rings. The van der Waals surface area contributed by atoms with Crippen LogP contribution in [0, 0.1) is 0 Å². The second-order valence-electron chi connectivity index (χ2n) is 5.66. The summed E-state index contributed by atoms with van der Waals surface area (Å²) < 4.78 is 5.22. The number of nitrogens with zero attached hydrogens (tertiary/aromatic N) is 4. The molecule has 0 fully saturated rings. The normalized spacial score (nSPS) is 11.6. The topological polar surface area (TPSA) is 87.5 Å². The van der Waals surface area contributed by atoms with E-state index in [9.17, 15) is 4.79 Å². The van der Waals surface area contributed by atoms with E-state index >= 15 is 0 Å². The van der Waals surface area contributed by atoms with E-state index in [4.69, 9.17) is 15.1 Å². The third kappa shape index (κ3) is 7.36. The van der Waals surface area contributed by atoms with Gasteiger partial charge in [0.15, 0.2) is 0 Å². The van der Waals surface area contributed by atoms with Crippen LogP contribution in [0.25, 0.3) is 10.4 Å². The van der Waals surface area contributed by atoms with Gasteiger partial charge in [0, 0.05) is 37.9 Å². The van der Waals surface area contributed by atoms with Gasteiger partial charge in [-0.05, 0) is 16.7 Å². The van der Waals surface area contributed by atoms with Gasteiger partial charge in [-0.1, -0.05) is 65.8 Å².